The molecule has 0 aromatic carbocycles. The molecule has 0 bridgehead atoms. The zero-order chi connectivity index (χ0) is 5.86. The first-order valence-electron chi connectivity index (χ1n) is 1.44. The van der Waals surface area contributed by atoms with Crippen molar-refractivity contribution in [1.29, 1.82) is 0 Å². The van der Waals surface area contributed by atoms with Crippen LogP contribution in [0.5, 0.6) is 0 Å². The number of hydrogen-bond donors (Lipinski definition) is 0. The zero-order valence-electron chi connectivity index (χ0n) is 3.63. The van der Waals surface area contributed by atoms with E-state index in [-0.39, 0.29) is 5.12 Å². The Kier molecular flexibility index (Phi) is 2.54. The van der Waals surface area contributed by atoms with Gasteiger partial charge < -0.3 is 0 Å². The maximum absolute atomic E-state index is 11.3. The Bertz CT molecular complexity index is 151. The molecule has 0 aliphatic rings. The van der Waals surface area contributed by atoms with E-state index >= 15 is 0 Å². The first kappa shape index (κ1) is 6.58. The maximum atomic E-state index is 11.3. The van der Waals surface area contributed by atoms with E-state index in [1.54, 1.807) is 0 Å². The molecule has 0 aromatic heterocycles. The van der Waals surface area contributed by atoms with Gasteiger partial charge in [-0.15, -0.1) is 9.60 Å². The molecule has 7 heavy (non-hydrogen) atoms. The standard InChI is InChI=1S/C2H4FNO2S/c1-4(3)2-7(5)6/h2H,1H3. The van der Waals surface area contributed by atoms with Crippen molar-refractivity contribution < 1.29 is 12.9 Å². The van der Waals surface area contributed by atoms with Gasteiger partial charge in [-0.2, -0.15) is 8.42 Å². The Morgan fingerprint density at radius 2 is 2.14 bits per heavy atom. The van der Waals surface area contributed by atoms with E-state index < -0.39 is 10.3 Å². The van der Waals surface area contributed by atoms with Gasteiger partial charge in [-0.25, -0.2) is 0 Å². The van der Waals surface area contributed by atoms with Gasteiger partial charge in [0.2, 0.25) is 10.3 Å². The lowest BCUT2D eigenvalue weighted by Crippen LogP contribution is -2.01. The normalized spacial score (nSPS) is 9.00. The fourth-order valence-electron chi connectivity index (χ4n) is 0.119. The molecule has 0 radical (unpaired) electrons. The second kappa shape index (κ2) is 2.70. The van der Waals surface area contributed by atoms with E-state index in [9.17, 15) is 12.9 Å². The summed E-state index contributed by atoms with van der Waals surface area (Å²) in [6.45, 7) is 0. The zero-order valence-corrected chi connectivity index (χ0v) is 4.44. The first-order valence-corrected chi connectivity index (χ1v) is 2.58. The van der Waals surface area contributed by atoms with Gasteiger partial charge in [0.05, 0.1) is 0 Å². The molecule has 0 heterocycles. The van der Waals surface area contributed by atoms with Gasteiger partial charge in [0.1, 0.15) is 5.49 Å². The smallest absolute Gasteiger partial charge is 0.183 e. The predicted molar refractivity (Wildman–Crippen MR) is 23.9 cm³/mol. The highest BCUT2D eigenvalue weighted by atomic mass is 32.2. The lowest BCUT2D eigenvalue weighted by molar-refractivity contribution is 0.173. The third-order valence-corrected chi connectivity index (χ3v) is 0.694. The number of nitrogens with zero attached hydrogens (tertiary/aromatic N) is 1. The molecule has 0 atom stereocenters. The fourth-order valence-corrected chi connectivity index (χ4v) is 0.356. The molecule has 0 unspecified atom stereocenters. The average molecular weight is 125 g/mol. The van der Waals surface area contributed by atoms with E-state index in [0.29, 0.717) is 5.49 Å². The first-order chi connectivity index (χ1) is 3.13. The third kappa shape index (κ3) is 5.58. The van der Waals surface area contributed by atoms with Gasteiger partial charge in [-0.1, -0.05) is 0 Å². The largest absolute Gasteiger partial charge is 0.227 e. The van der Waals surface area contributed by atoms with Crippen molar-refractivity contribution in [3.8, 4) is 0 Å². The quantitative estimate of drug-likeness (QED) is 0.348. The van der Waals surface area contributed by atoms with Gasteiger partial charge in [0, 0.05) is 7.05 Å². The van der Waals surface area contributed by atoms with E-state index in [0.717, 1.165) is 7.05 Å². The minimum absolute atomic E-state index is 0.0386. The molecule has 0 saturated heterocycles. The van der Waals surface area contributed by atoms with E-state index in [1.165, 1.54) is 0 Å². The van der Waals surface area contributed by atoms with Gasteiger partial charge in [0.15, 0.2) is 0 Å². The summed E-state index contributed by atoms with van der Waals surface area (Å²) < 4.78 is 30.3. The molecular weight excluding hydrogens is 121 g/mol. The molecule has 0 spiro atoms. The van der Waals surface area contributed by atoms with Gasteiger partial charge in [-0.05, 0) is 0 Å². The Morgan fingerprint density at radius 1 is 1.71 bits per heavy atom. The van der Waals surface area contributed by atoms with Gasteiger partial charge in [-0.3, -0.25) is 0 Å². The molecule has 0 rings (SSSR count). The van der Waals surface area contributed by atoms with Crippen LogP contribution in [0.15, 0.2) is 0 Å². The van der Waals surface area contributed by atoms with Crippen molar-refractivity contribution in [1.82, 2.24) is 5.12 Å². The summed E-state index contributed by atoms with van der Waals surface area (Å²) in [4.78, 5) is 0. The van der Waals surface area contributed by atoms with Gasteiger partial charge >= 0.3 is 0 Å². The summed E-state index contributed by atoms with van der Waals surface area (Å²) in [7, 11) is -1.44. The van der Waals surface area contributed by atoms with Gasteiger partial charge in [0.25, 0.3) is 0 Å². The topological polar surface area (TPSA) is 37.4 Å². The maximum Gasteiger partial charge on any atom is 0.227 e. The number of halogens is 1. The molecule has 0 fully saturated rings. The monoisotopic (exact) mass is 125 g/mol. The summed E-state index contributed by atoms with van der Waals surface area (Å²) in [5, 5.41) is -0.0386. The Balaban J connectivity index is 3.96. The lowest BCUT2D eigenvalue weighted by Gasteiger charge is -1.84. The second-order valence-electron chi connectivity index (χ2n) is 0.891. The molecule has 0 amide bonds. The van der Waals surface area contributed by atoms with Crippen LogP contribution in [0, 0.1) is 0 Å². The van der Waals surface area contributed by atoms with Crippen LogP contribution in [-0.4, -0.2) is 26.1 Å². The summed E-state index contributed by atoms with van der Waals surface area (Å²) in [5.74, 6) is 0. The third-order valence-electron chi connectivity index (χ3n) is 0.231. The van der Waals surface area contributed by atoms with Crippen LogP contribution in [-0.2, 0) is 10.3 Å². The Labute approximate surface area is 41.8 Å². The molecule has 42 valence electrons. The van der Waals surface area contributed by atoms with Crippen LogP contribution < -0.4 is 0 Å². The fraction of sp³-hybridized carbons (Fsp3) is 0.500. The number of hydrogen-bond acceptors (Lipinski definition) is 2. The minimum Gasteiger partial charge on any atom is -0.183 e. The Hall–Kier alpha value is -0.420. The number of rotatable bonds is 1. The van der Waals surface area contributed by atoms with Crippen molar-refractivity contribution in [3.05, 3.63) is 0 Å². The van der Waals surface area contributed by atoms with Crippen molar-refractivity contribution in [3.63, 3.8) is 0 Å². The van der Waals surface area contributed by atoms with Crippen LogP contribution in [0.2, 0.25) is 0 Å². The highest BCUT2D eigenvalue weighted by molar-refractivity contribution is 7.71. The van der Waals surface area contributed by atoms with Crippen LogP contribution in [0.3, 0.4) is 0 Å². The molecule has 5 heteroatoms. The summed E-state index contributed by atoms with van der Waals surface area (Å²) >= 11 is 0. The van der Waals surface area contributed by atoms with E-state index in [1.807, 2.05) is 0 Å². The van der Waals surface area contributed by atoms with Crippen LogP contribution in [0.1, 0.15) is 0 Å². The molecule has 0 aliphatic carbocycles. The summed E-state index contributed by atoms with van der Waals surface area (Å²) in [6, 6.07) is 0. The molecule has 0 N–H and O–H groups in total. The van der Waals surface area contributed by atoms with Crippen LogP contribution in [0.25, 0.3) is 0 Å². The second-order valence-corrected chi connectivity index (χ2v) is 1.62. The average Bonchev–Trinajstić information content (AvgIpc) is 1.27. The van der Waals surface area contributed by atoms with Crippen molar-refractivity contribution >= 4 is 15.8 Å². The van der Waals surface area contributed by atoms with Crippen LogP contribution in [0.4, 0.5) is 4.48 Å². The lowest BCUT2D eigenvalue weighted by atomic mass is 11.2. The van der Waals surface area contributed by atoms with Crippen LogP contribution >= 0.6 is 0 Å². The molecule has 0 saturated carbocycles. The predicted octanol–water partition coefficient (Wildman–Crippen LogP) is -0.558. The molecule has 0 aliphatic heterocycles. The van der Waals surface area contributed by atoms with E-state index in [4.69, 9.17) is 0 Å². The summed E-state index contributed by atoms with van der Waals surface area (Å²) in [5.41, 5.74) is 0.417. The molecule has 3 nitrogen and oxygen atoms in total. The summed E-state index contributed by atoms with van der Waals surface area (Å²) in [6.07, 6.45) is 0. The van der Waals surface area contributed by atoms with Crippen molar-refractivity contribution in [2.45, 2.75) is 0 Å². The van der Waals surface area contributed by atoms with Crippen molar-refractivity contribution in [2.75, 3.05) is 7.05 Å². The Morgan fingerprint density at radius 3 is 2.14 bits per heavy atom. The SMILES string of the molecule is CN(F)C=S(=O)=O. The molecular formula is C2H4FNO2S. The highest BCUT2D eigenvalue weighted by Crippen LogP contribution is 1.67. The highest BCUT2D eigenvalue weighted by Gasteiger charge is 1.80. The van der Waals surface area contributed by atoms with Crippen molar-refractivity contribution in [2.24, 2.45) is 0 Å². The van der Waals surface area contributed by atoms with E-state index in [2.05, 4.69) is 0 Å². The molecule has 0 aromatic rings. The minimum atomic E-state index is -2.42.